The molecule has 0 radical (unpaired) electrons. The molecule has 104 valence electrons. The summed E-state index contributed by atoms with van der Waals surface area (Å²) in [7, 11) is 0. The van der Waals surface area contributed by atoms with E-state index in [1.54, 1.807) is 0 Å². The zero-order chi connectivity index (χ0) is 13.7. The van der Waals surface area contributed by atoms with E-state index < -0.39 is 0 Å². The van der Waals surface area contributed by atoms with Gasteiger partial charge in [0, 0.05) is 5.56 Å². The number of nitrogen functional groups attached to an aromatic ring is 1. The average Bonchev–Trinajstić information content (AvgIpc) is 2.45. The molecule has 0 saturated heterocycles. The van der Waals surface area contributed by atoms with Crippen molar-refractivity contribution in [2.75, 3.05) is 0 Å². The molecule has 3 nitrogen and oxygen atoms in total. The van der Waals surface area contributed by atoms with E-state index in [9.17, 15) is 0 Å². The van der Waals surface area contributed by atoms with Crippen molar-refractivity contribution in [2.45, 2.75) is 51.7 Å². The summed E-state index contributed by atoms with van der Waals surface area (Å²) in [6, 6.07) is 7.77. The fraction of sp³-hybridized carbons (Fsp3) is 0.562. The van der Waals surface area contributed by atoms with Crippen LogP contribution in [0.1, 0.15) is 50.2 Å². The second-order valence-electron chi connectivity index (χ2n) is 5.44. The van der Waals surface area contributed by atoms with Crippen LogP contribution >= 0.6 is 0 Å². The molecular formula is C16H24N2O. The zero-order valence-corrected chi connectivity index (χ0v) is 11.7. The molecule has 3 heteroatoms. The SMILES string of the molecule is CCC1CCCC(OCc2ccccc2C(=N)N)C1. The standard InChI is InChI=1S/C16H24N2O/c1-2-12-6-5-8-14(10-12)19-11-13-7-3-4-9-15(13)16(17)18/h3-4,7,9,12,14H,2,5-6,8,10-11H2,1H3,(H3,17,18). The molecule has 0 spiro atoms. The van der Waals surface area contributed by atoms with Crippen LogP contribution in [0.25, 0.3) is 0 Å². The van der Waals surface area contributed by atoms with Crippen LogP contribution in [0.2, 0.25) is 0 Å². The van der Waals surface area contributed by atoms with Crippen LogP contribution in [-0.2, 0) is 11.3 Å². The Kier molecular flexibility index (Phi) is 4.97. The Balaban J connectivity index is 1.93. The lowest BCUT2D eigenvalue weighted by Gasteiger charge is -2.28. The van der Waals surface area contributed by atoms with Gasteiger partial charge < -0.3 is 10.5 Å². The number of ether oxygens (including phenoxy) is 1. The smallest absolute Gasteiger partial charge is 0.123 e. The summed E-state index contributed by atoms with van der Waals surface area (Å²) in [6.07, 6.45) is 6.60. The van der Waals surface area contributed by atoms with E-state index in [1.807, 2.05) is 24.3 Å². The van der Waals surface area contributed by atoms with E-state index in [1.165, 1.54) is 32.1 Å². The molecule has 2 rings (SSSR count). The summed E-state index contributed by atoms with van der Waals surface area (Å²) in [6.45, 7) is 2.83. The van der Waals surface area contributed by atoms with E-state index in [0.717, 1.165) is 17.0 Å². The Labute approximate surface area is 115 Å². The highest BCUT2D eigenvalue weighted by Crippen LogP contribution is 2.29. The number of nitrogens with two attached hydrogens (primary N) is 1. The van der Waals surface area contributed by atoms with E-state index in [4.69, 9.17) is 15.9 Å². The zero-order valence-electron chi connectivity index (χ0n) is 11.7. The van der Waals surface area contributed by atoms with Gasteiger partial charge >= 0.3 is 0 Å². The molecule has 1 aromatic carbocycles. The number of rotatable bonds is 5. The van der Waals surface area contributed by atoms with Gasteiger partial charge in [-0.3, -0.25) is 5.41 Å². The van der Waals surface area contributed by atoms with Crippen molar-refractivity contribution in [3.63, 3.8) is 0 Å². The van der Waals surface area contributed by atoms with E-state index >= 15 is 0 Å². The van der Waals surface area contributed by atoms with Gasteiger partial charge in [0.05, 0.1) is 12.7 Å². The first-order valence-electron chi connectivity index (χ1n) is 7.24. The molecule has 2 unspecified atom stereocenters. The fourth-order valence-electron chi connectivity index (χ4n) is 2.88. The van der Waals surface area contributed by atoms with Gasteiger partial charge in [0.15, 0.2) is 0 Å². The van der Waals surface area contributed by atoms with Crippen molar-refractivity contribution in [1.82, 2.24) is 0 Å². The number of amidine groups is 1. The van der Waals surface area contributed by atoms with Crippen LogP contribution in [0, 0.1) is 11.3 Å². The van der Waals surface area contributed by atoms with Gasteiger partial charge in [0.25, 0.3) is 0 Å². The third kappa shape index (κ3) is 3.80. The molecule has 0 heterocycles. The molecule has 1 aromatic rings. The van der Waals surface area contributed by atoms with Gasteiger partial charge in [-0.15, -0.1) is 0 Å². The first-order chi connectivity index (χ1) is 9.20. The molecule has 19 heavy (non-hydrogen) atoms. The van der Waals surface area contributed by atoms with E-state index in [2.05, 4.69) is 6.92 Å². The summed E-state index contributed by atoms with van der Waals surface area (Å²) in [5.41, 5.74) is 7.41. The normalized spacial score (nSPS) is 23.2. The molecule has 2 atom stereocenters. The van der Waals surface area contributed by atoms with Crippen molar-refractivity contribution in [3.05, 3.63) is 35.4 Å². The maximum Gasteiger partial charge on any atom is 0.123 e. The fourth-order valence-corrected chi connectivity index (χ4v) is 2.88. The van der Waals surface area contributed by atoms with Crippen molar-refractivity contribution in [3.8, 4) is 0 Å². The topological polar surface area (TPSA) is 59.1 Å². The molecule has 1 saturated carbocycles. The van der Waals surface area contributed by atoms with E-state index in [0.29, 0.717) is 12.7 Å². The monoisotopic (exact) mass is 260 g/mol. The highest BCUT2D eigenvalue weighted by atomic mass is 16.5. The number of benzene rings is 1. The second-order valence-corrected chi connectivity index (χ2v) is 5.44. The summed E-state index contributed by atoms with van der Waals surface area (Å²) >= 11 is 0. The Morgan fingerprint density at radius 1 is 1.37 bits per heavy atom. The molecule has 0 bridgehead atoms. The minimum atomic E-state index is 0.120. The maximum absolute atomic E-state index is 7.58. The minimum Gasteiger partial charge on any atom is -0.384 e. The van der Waals surface area contributed by atoms with Crippen LogP contribution in [0.15, 0.2) is 24.3 Å². The maximum atomic E-state index is 7.58. The van der Waals surface area contributed by atoms with Crippen LogP contribution in [0.5, 0.6) is 0 Å². The predicted molar refractivity (Wildman–Crippen MR) is 78.3 cm³/mol. The Bertz CT molecular complexity index is 431. The Hall–Kier alpha value is -1.35. The van der Waals surface area contributed by atoms with Gasteiger partial charge in [-0.05, 0) is 24.3 Å². The summed E-state index contributed by atoms with van der Waals surface area (Å²) in [4.78, 5) is 0. The van der Waals surface area contributed by atoms with Crippen LogP contribution in [0.3, 0.4) is 0 Å². The van der Waals surface area contributed by atoms with Gasteiger partial charge in [0.1, 0.15) is 5.84 Å². The van der Waals surface area contributed by atoms with Crippen molar-refractivity contribution >= 4 is 5.84 Å². The minimum absolute atomic E-state index is 0.120. The Morgan fingerprint density at radius 3 is 2.89 bits per heavy atom. The highest BCUT2D eigenvalue weighted by molar-refractivity contribution is 5.96. The van der Waals surface area contributed by atoms with Gasteiger partial charge in [-0.1, -0.05) is 50.5 Å². The first kappa shape index (κ1) is 14.1. The van der Waals surface area contributed by atoms with Crippen molar-refractivity contribution in [1.29, 1.82) is 5.41 Å². The third-order valence-corrected chi connectivity index (χ3v) is 4.09. The second kappa shape index (κ2) is 6.71. The molecule has 1 aliphatic rings. The first-order valence-corrected chi connectivity index (χ1v) is 7.24. The third-order valence-electron chi connectivity index (χ3n) is 4.09. The van der Waals surface area contributed by atoms with Crippen LogP contribution in [0.4, 0.5) is 0 Å². The lowest BCUT2D eigenvalue weighted by molar-refractivity contribution is 0.00171. The highest BCUT2D eigenvalue weighted by Gasteiger charge is 2.21. The van der Waals surface area contributed by atoms with Crippen molar-refractivity contribution < 1.29 is 4.74 Å². The molecule has 0 amide bonds. The molecule has 1 fully saturated rings. The van der Waals surface area contributed by atoms with Gasteiger partial charge in [-0.25, -0.2) is 0 Å². The quantitative estimate of drug-likeness (QED) is 0.629. The number of hydrogen-bond acceptors (Lipinski definition) is 2. The Morgan fingerprint density at radius 2 is 2.16 bits per heavy atom. The predicted octanol–water partition coefficient (Wildman–Crippen LogP) is 3.46. The average molecular weight is 260 g/mol. The molecule has 3 N–H and O–H groups in total. The lowest BCUT2D eigenvalue weighted by Crippen LogP contribution is -2.23. The van der Waals surface area contributed by atoms with Gasteiger partial charge in [-0.2, -0.15) is 0 Å². The van der Waals surface area contributed by atoms with Gasteiger partial charge in [0.2, 0.25) is 0 Å². The van der Waals surface area contributed by atoms with Crippen LogP contribution < -0.4 is 5.73 Å². The summed E-state index contributed by atoms with van der Waals surface area (Å²) in [5, 5.41) is 7.58. The summed E-state index contributed by atoms with van der Waals surface area (Å²) < 4.78 is 6.04. The molecular weight excluding hydrogens is 236 g/mol. The number of hydrogen-bond donors (Lipinski definition) is 2. The summed E-state index contributed by atoms with van der Waals surface area (Å²) in [5.74, 6) is 0.941. The lowest BCUT2D eigenvalue weighted by atomic mass is 9.85. The largest absolute Gasteiger partial charge is 0.384 e. The van der Waals surface area contributed by atoms with E-state index in [-0.39, 0.29) is 5.84 Å². The molecule has 0 aliphatic heterocycles. The van der Waals surface area contributed by atoms with Crippen molar-refractivity contribution in [2.24, 2.45) is 11.7 Å². The molecule has 1 aliphatic carbocycles. The van der Waals surface area contributed by atoms with Crippen LogP contribution in [-0.4, -0.2) is 11.9 Å². The molecule has 0 aromatic heterocycles. The number of nitrogens with one attached hydrogen (secondary N) is 1.